The number of aliphatic carboxylic acids is 2. The van der Waals surface area contributed by atoms with Crippen LogP contribution in [0.25, 0.3) is 0 Å². The first-order chi connectivity index (χ1) is 9.52. The number of carbonyl (C=O) groups is 2. The molecule has 2 rings (SSSR count). The second-order valence-corrected chi connectivity index (χ2v) is 4.49. The Morgan fingerprint density at radius 2 is 1.80 bits per heavy atom. The van der Waals surface area contributed by atoms with Crippen LogP contribution < -0.4 is 5.32 Å². The smallest absolute Gasteiger partial charge is 0.337 e. The first kappa shape index (κ1) is 16.1. The molecule has 0 aromatic heterocycles. The first-order valence-electron chi connectivity index (χ1n) is 6.44. The summed E-state index contributed by atoms with van der Waals surface area (Å²) in [4.78, 5) is 20.5. The highest BCUT2D eigenvalue weighted by Crippen LogP contribution is 2.11. The van der Waals surface area contributed by atoms with E-state index in [0.717, 1.165) is 25.8 Å². The second kappa shape index (κ2) is 8.29. The Balaban J connectivity index is 0.000000204. The summed E-state index contributed by atoms with van der Waals surface area (Å²) in [5, 5.41) is 28.8. The van der Waals surface area contributed by atoms with E-state index in [0.29, 0.717) is 5.56 Å². The largest absolute Gasteiger partial charge is 0.480 e. The van der Waals surface area contributed by atoms with Gasteiger partial charge in [-0.25, -0.2) is 4.79 Å². The fraction of sp³-hybridized carbons (Fsp3) is 0.429. The lowest BCUT2D eigenvalue weighted by molar-refractivity contribution is -0.147. The van der Waals surface area contributed by atoms with Crippen molar-refractivity contribution in [3.8, 4) is 0 Å². The molecule has 6 heteroatoms. The fourth-order valence-corrected chi connectivity index (χ4v) is 1.84. The molecule has 1 saturated heterocycles. The van der Waals surface area contributed by atoms with Crippen LogP contribution in [0.5, 0.6) is 0 Å². The molecule has 1 heterocycles. The molecular weight excluding hydrogens is 262 g/mol. The summed E-state index contributed by atoms with van der Waals surface area (Å²) in [6.07, 6.45) is 1.54. The molecule has 0 amide bonds. The lowest BCUT2D eigenvalue weighted by Crippen LogP contribution is -2.40. The van der Waals surface area contributed by atoms with Gasteiger partial charge in [0.15, 0.2) is 6.10 Å². The molecule has 110 valence electrons. The molecule has 1 aliphatic rings. The lowest BCUT2D eigenvalue weighted by atomic mass is 10.1. The minimum Gasteiger partial charge on any atom is -0.480 e. The van der Waals surface area contributed by atoms with Crippen LogP contribution in [0.1, 0.15) is 30.9 Å². The maximum absolute atomic E-state index is 10.3. The van der Waals surface area contributed by atoms with Crippen molar-refractivity contribution in [2.24, 2.45) is 0 Å². The zero-order chi connectivity index (χ0) is 15.0. The van der Waals surface area contributed by atoms with E-state index in [1.54, 1.807) is 30.3 Å². The molecule has 1 fully saturated rings. The molecule has 0 bridgehead atoms. The number of hydrogen-bond acceptors (Lipinski definition) is 4. The summed E-state index contributed by atoms with van der Waals surface area (Å²) in [6, 6.07) is 7.98. The van der Waals surface area contributed by atoms with Crippen LogP contribution in [0.15, 0.2) is 30.3 Å². The Morgan fingerprint density at radius 3 is 2.20 bits per heavy atom. The van der Waals surface area contributed by atoms with Gasteiger partial charge in [-0.3, -0.25) is 4.79 Å². The van der Waals surface area contributed by atoms with Gasteiger partial charge in [-0.1, -0.05) is 36.8 Å². The molecule has 4 N–H and O–H groups in total. The van der Waals surface area contributed by atoms with Crippen molar-refractivity contribution in [3.63, 3.8) is 0 Å². The highest BCUT2D eigenvalue weighted by atomic mass is 16.4. The van der Waals surface area contributed by atoms with Gasteiger partial charge < -0.3 is 20.6 Å². The van der Waals surface area contributed by atoms with Crippen LogP contribution >= 0.6 is 0 Å². The third-order valence-corrected chi connectivity index (χ3v) is 2.96. The number of rotatable bonds is 3. The number of nitrogens with one attached hydrogen (secondary N) is 1. The van der Waals surface area contributed by atoms with Crippen molar-refractivity contribution < 1.29 is 24.9 Å². The van der Waals surface area contributed by atoms with Crippen molar-refractivity contribution in [1.29, 1.82) is 0 Å². The second-order valence-electron chi connectivity index (χ2n) is 4.49. The summed E-state index contributed by atoms with van der Waals surface area (Å²) in [7, 11) is 0. The van der Waals surface area contributed by atoms with Crippen LogP contribution in [-0.4, -0.2) is 39.8 Å². The predicted octanol–water partition coefficient (Wildman–Crippen LogP) is 1.02. The van der Waals surface area contributed by atoms with E-state index in [1.165, 1.54) is 0 Å². The maximum Gasteiger partial charge on any atom is 0.337 e. The van der Waals surface area contributed by atoms with E-state index in [1.807, 2.05) is 0 Å². The van der Waals surface area contributed by atoms with Crippen LogP contribution in [-0.2, 0) is 9.59 Å². The first-order valence-corrected chi connectivity index (χ1v) is 6.44. The monoisotopic (exact) mass is 281 g/mol. The van der Waals surface area contributed by atoms with Gasteiger partial charge >= 0.3 is 11.9 Å². The van der Waals surface area contributed by atoms with Crippen LogP contribution in [0, 0.1) is 0 Å². The van der Waals surface area contributed by atoms with E-state index in [4.69, 9.17) is 15.3 Å². The fourth-order valence-electron chi connectivity index (χ4n) is 1.84. The molecule has 0 aliphatic carbocycles. The summed E-state index contributed by atoms with van der Waals surface area (Å²) in [5.74, 6) is -1.94. The molecule has 6 nitrogen and oxygen atoms in total. The number of aliphatic hydroxyl groups excluding tert-OH is 1. The zero-order valence-electron chi connectivity index (χ0n) is 11.0. The molecule has 2 unspecified atom stereocenters. The Labute approximate surface area is 117 Å². The van der Waals surface area contributed by atoms with Crippen molar-refractivity contribution >= 4 is 11.9 Å². The number of aliphatic hydroxyl groups is 1. The maximum atomic E-state index is 10.3. The average Bonchev–Trinajstić information content (AvgIpc) is 2.49. The van der Waals surface area contributed by atoms with Gasteiger partial charge in [0, 0.05) is 0 Å². The van der Waals surface area contributed by atoms with Gasteiger partial charge in [-0.2, -0.15) is 0 Å². The van der Waals surface area contributed by atoms with E-state index in [9.17, 15) is 9.59 Å². The molecular formula is C14H19NO5. The number of hydrogen-bond donors (Lipinski definition) is 4. The number of carboxylic acids is 2. The van der Waals surface area contributed by atoms with Crippen molar-refractivity contribution in [3.05, 3.63) is 35.9 Å². The van der Waals surface area contributed by atoms with Crippen LogP contribution in [0.4, 0.5) is 0 Å². The molecule has 1 aromatic carbocycles. The summed E-state index contributed by atoms with van der Waals surface area (Å²) in [6.45, 7) is 0.858. The van der Waals surface area contributed by atoms with E-state index in [2.05, 4.69) is 5.32 Å². The Morgan fingerprint density at radius 1 is 1.15 bits per heavy atom. The molecule has 1 aromatic rings. The predicted molar refractivity (Wildman–Crippen MR) is 72.3 cm³/mol. The highest BCUT2D eigenvalue weighted by molar-refractivity contribution is 5.74. The SMILES string of the molecule is O=C(O)C(O)c1ccccc1.O=C(O)C1CCCCN1. The normalized spacial score (nSPS) is 19.4. The Bertz CT molecular complexity index is 428. The molecule has 0 spiro atoms. The topological polar surface area (TPSA) is 107 Å². The standard InChI is InChI=1S/C8H8O3.C6H11NO2/c9-7(8(10)11)6-4-2-1-3-5-6;8-6(9)5-3-1-2-4-7-5/h1-5,7,9H,(H,10,11);5,7H,1-4H2,(H,8,9). The van der Waals surface area contributed by atoms with Crippen molar-refractivity contribution in [2.45, 2.75) is 31.4 Å². The van der Waals surface area contributed by atoms with E-state index in [-0.39, 0.29) is 6.04 Å². The molecule has 0 radical (unpaired) electrons. The third-order valence-electron chi connectivity index (χ3n) is 2.96. The minimum atomic E-state index is -1.41. The third kappa shape index (κ3) is 5.38. The van der Waals surface area contributed by atoms with Crippen molar-refractivity contribution in [1.82, 2.24) is 5.32 Å². The van der Waals surface area contributed by atoms with E-state index >= 15 is 0 Å². The Hall–Kier alpha value is -1.92. The average molecular weight is 281 g/mol. The van der Waals surface area contributed by atoms with Crippen LogP contribution in [0.2, 0.25) is 0 Å². The summed E-state index contributed by atoms with van der Waals surface area (Å²) < 4.78 is 0. The minimum absolute atomic E-state index is 0.279. The summed E-state index contributed by atoms with van der Waals surface area (Å²) in [5.41, 5.74) is 0.403. The highest BCUT2D eigenvalue weighted by Gasteiger charge is 2.18. The van der Waals surface area contributed by atoms with Gasteiger partial charge in [-0.15, -0.1) is 0 Å². The number of benzene rings is 1. The lowest BCUT2D eigenvalue weighted by Gasteiger charge is -2.18. The quantitative estimate of drug-likeness (QED) is 0.659. The van der Waals surface area contributed by atoms with Crippen molar-refractivity contribution in [2.75, 3.05) is 6.54 Å². The Kier molecular flexibility index (Phi) is 6.69. The molecule has 20 heavy (non-hydrogen) atoms. The van der Waals surface area contributed by atoms with E-state index < -0.39 is 18.0 Å². The van der Waals surface area contributed by atoms with Gasteiger partial charge in [-0.05, 0) is 24.9 Å². The number of carboxylic acid groups (broad SMARTS) is 2. The van der Waals surface area contributed by atoms with Gasteiger partial charge in [0.2, 0.25) is 0 Å². The number of piperidine rings is 1. The molecule has 2 atom stereocenters. The summed E-state index contributed by atoms with van der Waals surface area (Å²) >= 11 is 0. The molecule has 1 aliphatic heterocycles. The van der Waals surface area contributed by atoms with Crippen LogP contribution in [0.3, 0.4) is 0 Å². The molecule has 0 saturated carbocycles. The van der Waals surface area contributed by atoms with Gasteiger partial charge in [0.25, 0.3) is 0 Å². The zero-order valence-corrected chi connectivity index (χ0v) is 11.0. The van der Waals surface area contributed by atoms with Gasteiger partial charge in [0.1, 0.15) is 6.04 Å². The van der Waals surface area contributed by atoms with Gasteiger partial charge in [0.05, 0.1) is 0 Å².